The van der Waals surface area contributed by atoms with Gasteiger partial charge in [0, 0.05) is 15.9 Å². The van der Waals surface area contributed by atoms with Gasteiger partial charge in [0.25, 0.3) is 0 Å². The Morgan fingerprint density at radius 1 is 0.722 bits per heavy atom. The Bertz CT molecular complexity index is 1590. The van der Waals surface area contributed by atoms with Crippen LogP contribution in [0.2, 0.25) is 0 Å². The second-order valence-electron chi connectivity index (χ2n) is 7.93. The summed E-state index contributed by atoms with van der Waals surface area (Å²) in [4.78, 5) is 22.3. The number of aryl methyl sites for hydroxylation is 2. The van der Waals surface area contributed by atoms with Gasteiger partial charge >= 0.3 is 11.6 Å². The van der Waals surface area contributed by atoms with Crippen LogP contribution < -0.4 is 5.63 Å². The second kappa shape index (κ2) is 11.4. The molecule has 8 heteroatoms. The van der Waals surface area contributed by atoms with Crippen LogP contribution in [0, 0.1) is 13.8 Å². The molecule has 0 saturated carbocycles. The number of halogens is 1. The monoisotopic (exact) mass is 550 g/mol. The topological polar surface area (TPSA) is 128 Å². The summed E-state index contributed by atoms with van der Waals surface area (Å²) in [5.41, 5.74) is 2.61. The van der Waals surface area contributed by atoms with Crippen LogP contribution >= 0.6 is 15.9 Å². The number of carboxylic acid groups (broad SMARTS) is 1. The van der Waals surface area contributed by atoms with Crippen molar-refractivity contribution >= 4 is 43.6 Å². The Morgan fingerprint density at radius 2 is 1.31 bits per heavy atom. The molecule has 0 aliphatic carbocycles. The first-order valence-corrected chi connectivity index (χ1v) is 11.5. The van der Waals surface area contributed by atoms with E-state index in [1.54, 1.807) is 6.07 Å². The van der Waals surface area contributed by atoms with Crippen LogP contribution in [0.25, 0.3) is 21.7 Å². The van der Waals surface area contributed by atoms with E-state index < -0.39 is 5.97 Å². The molecule has 0 saturated heterocycles. The molecule has 1 heterocycles. The van der Waals surface area contributed by atoms with Gasteiger partial charge < -0.3 is 24.8 Å². The van der Waals surface area contributed by atoms with Gasteiger partial charge in [0.2, 0.25) is 0 Å². The van der Waals surface area contributed by atoms with Gasteiger partial charge in [0.1, 0.15) is 22.8 Å². The molecular weight excluding hydrogens is 528 g/mol. The fraction of sp³-hybridized carbons (Fsp3) is 0.0714. The van der Waals surface area contributed by atoms with Gasteiger partial charge in [-0.2, -0.15) is 0 Å². The smallest absolute Gasteiger partial charge is 0.344 e. The molecule has 0 spiro atoms. The van der Waals surface area contributed by atoms with E-state index in [1.165, 1.54) is 36.4 Å². The van der Waals surface area contributed by atoms with Crippen LogP contribution in [0.1, 0.15) is 21.5 Å². The van der Waals surface area contributed by atoms with E-state index in [0.29, 0.717) is 15.4 Å². The summed E-state index contributed by atoms with van der Waals surface area (Å²) in [6, 6.07) is 21.7. The minimum absolute atomic E-state index is 0.0504. The molecule has 0 bridgehead atoms. The summed E-state index contributed by atoms with van der Waals surface area (Å²) in [6.07, 6.45) is 0. The number of aromatic hydroxyl groups is 3. The van der Waals surface area contributed by atoms with Crippen LogP contribution in [0.5, 0.6) is 17.2 Å². The number of rotatable bonds is 1. The molecule has 4 aromatic carbocycles. The van der Waals surface area contributed by atoms with Crippen molar-refractivity contribution < 1.29 is 29.6 Å². The average molecular weight is 551 g/mol. The molecule has 0 fully saturated rings. The van der Waals surface area contributed by atoms with E-state index >= 15 is 0 Å². The van der Waals surface area contributed by atoms with Crippen LogP contribution in [0.15, 0.2) is 92.5 Å². The Balaban J connectivity index is 0.000000164. The number of carbonyl (C=O) groups is 1. The summed E-state index contributed by atoms with van der Waals surface area (Å²) in [6.45, 7) is 3.96. The predicted octanol–water partition coefficient (Wildman–Crippen LogP) is 6.51. The summed E-state index contributed by atoms with van der Waals surface area (Å²) >= 11 is 3.04. The normalized spacial score (nSPS) is 10.2. The lowest BCUT2D eigenvalue weighted by molar-refractivity contribution is 0.0695. The fourth-order valence-electron chi connectivity index (χ4n) is 3.32. The maximum atomic E-state index is 11.9. The molecule has 5 aromatic rings. The SMILES string of the molecule is Cc1ccc2c(c1)oc(=O)c1cc(C)ccc12.O=C(O)c1cc(O)ccc1Br.Oc1cccc(O)c1. The van der Waals surface area contributed by atoms with Crippen LogP contribution in [-0.2, 0) is 0 Å². The third kappa shape index (κ3) is 6.64. The highest BCUT2D eigenvalue weighted by atomic mass is 79.9. The van der Waals surface area contributed by atoms with Gasteiger partial charge in [0.05, 0.1) is 10.9 Å². The minimum atomic E-state index is -1.06. The first-order chi connectivity index (χ1) is 17.0. The first kappa shape index (κ1) is 26.3. The van der Waals surface area contributed by atoms with Crippen molar-refractivity contribution in [1.82, 2.24) is 0 Å². The highest BCUT2D eigenvalue weighted by Crippen LogP contribution is 2.24. The zero-order valence-corrected chi connectivity index (χ0v) is 21.0. The predicted molar refractivity (Wildman–Crippen MR) is 142 cm³/mol. The number of phenols is 3. The summed E-state index contributed by atoms with van der Waals surface area (Å²) in [5.74, 6) is -0.937. The number of hydrogen-bond donors (Lipinski definition) is 4. The molecule has 0 aliphatic rings. The van der Waals surface area contributed by atoms with Gasteiger partial charge in [-0.3, -0.25) is 0 Å². The van der Waals surface area contributed by atoms with E-state index in [1.807, 2.05) is 50.2 Å². The van der Waals surface area contributed by atoms with Crippen molar-refractivity contribution in [3.05, 3.63) is 110 Å². The minimum Gasteiger partial charge on any atom is -0.508 e. The maximum absolute atomic E-state index is 11.9. The third-order valence-corrected chi connectivity index (χ3v) is 5.73. The largest absolute Gasteiger partial charge is 0.508 e. The van der Waals surface area contributed by atoms with E-state index in [-0.39, 0.29) is 28.4 Å². The molecule has 4 N–H and O–H groups in total. The number of hydrogen-bond acceptors (Lipinski definition) is 6. The quantitative estimate of drug-likeness (QED) is 0.138. The molecule has 0 unspecified atom stereocenters. The van der Waals surface area contributed by atoms with E-state index in [0.717, 1.165) is 21.9 Å². The fourth-order valence-corrected chi connectivity index (χ4v) is 3.74. The molecule has 36 heavy (non-hydrogen) atoms. The number of fused-ring (bicyclic) bond motifs is 3. The third-order valence-electron chi connectivity index (χ3n) is 5.04. The lowest BCUT2D eigenvalue weighted by Gasteiger charge is -2.03. The molecular formula is C28H23BrO7. The number of aromatic carboxylic acids is 1. The van der Waals surface area contributed by atoms with Crippen molar-refractivity contribution in [3.63, 3.8) is 0 Å². The molecule has 7 nitrogen and oxygen atoms in total. The zero-order chi connectivity index (χ0) is 26.4. The lowest BCUT2D eigenvalue weighted by Crippen LogP contribution is -2.00. The number of benzene rings is 4. The summed E-state index contributed by atoms with van der Waals surface area (Å²) in [7, 11) is 0. The highest BCUT2D eigenvalue weighted by Gasteiger charge is 2.08. The van der Waals surface area contributed by atoms with Crippen LogP contribution in [0.4, 0.5) is 0 Å². The molecule has 0 amide bonds. The molecule has 0 aliphatic heterocycles. The van der Waals surface area contributed by atoms with E-state index in [4.69, 9.17) is 24.8 Å². The van der Waals surface area contributed by atoms with Crippen LogP contribution in [0.3, 0.4) is 0 Å². The highest BCUT2D eigenvalue weighted by molar-refractivity contribution is 9.10. The molecule has 5 rings (SSSR count). The lowest BCUT2D eigenvalue weighted by atomic mass is 10.0. The zero-order valence-electron chi connectivity index (χ0n) is 19.4. The Kier molecular flexibility index (Phi) is 8.34. The summed E-state index contributed by atoms with van der Waals surface area (Å²) < 4.78 is 5.82. The van der Waals surface area contributed by atoms with Gasteiger partial charge in [-0.1, -0.05) is 35.9 Å². The Hall–Kier alpha value is -4.30. The van der Waals surface area contributed by atoms with Gasteiger partial charge in [-0.25, -0.2) is 9.59 Å². The molecule has 1 aromatic heterocycles. The Morgan fingerprint density at radius 3 is 1.86 bits per heavy atom. The molecule has 184 valence electrons. The van der Waals surface area contributed by atoms with Crippen molar-refractivity contribution in [2.75, 3.05) is 0 Å². The number of phenolic OH excluding ortho intramolecular Hbond substituents is 3. The second-order valence-corrected chi connectivity index (χ2v) is 8.78. The maximum Gasteiger partial charge on any atom is 0.344 e. The van der Waals surface area contributed by atoms with Crippen molar-refractivity contribution in [1.29, 1.82) is 0 Å². The summed E-state index contributed by atoms with van der Waals surface area (Å²) in [5, 5.41) is 37.4. The number of carboxylic acids is 1. The van der Waals surface area contributed by atoms with Gasteiger partial charge in [0.15, 0.2) is 0 Å². The molecule has 0 atom stereocenters. The Labute approximate surface area is 214 Å². The standard InChI is InChI=1S/C15H12O2.C7H5BrO3.C6H6O2/c1-9-3-5-11-12-6-4-10(2)8-14(12)17-15(16)13(11)7-9;8-6-2-1-4(9)3-5(6)7(10)11;7-5-2-1-3-6(8)4-5/h3-8H,1-2H3;1-3,9H,(H,10,11);1-4,7-8H. The van der Waals surface area contributed by atoms with Crippen molar-refractivity contribution in [2.24, 2.45) is 0 Å². The first-order valence-electron chi connectivity index (χ1n) is 10.7. The van der Waals surface area contributed by atoms with Gasteiger partial charge in [-0.15, -0.1) is 0 Å². The average Bonchev–Trinajstić information content (AvgIpc) is 2.81. The molecule has 0 radical (unpaired) electrons. The van der Waals surface area contributed by atoms with E-state index in [9.17, 15) is 9.59 Å². The van der Waals surface area contributed by atoms with Crippen LogP contribution in [-0.4, -0.2) is 26.4 Å². The van der Waals surface area contributed by atoms with E-state index in [2.05, 4.69) is 15.9 Å². The van der Waals surface area contributed by atoms with Crippen molar-refractivity contribution in [2.45, 2.75) is 13.8 Å². The van der Waals surface area contributed by atoms with Gasteiger partial charge in [-0.05, 0) is 83.2 Å². The van der Waals surface area contributed by atoms with Crippen molar-refractivity contribution in [3.8, 4) is 17.2 Å².